The molecule has 0 spiro atoms. The van der Waals surface area contributed by atoms with Gasteiger partial charge in [-0.2, -0.15) is 5.10 Å². The summed E-state index contributed by atoms with van der Waals surface area (Å²) in [4.78, 5) is 12.4. The number of benzene rings is 1. The molecular weight excluding hydrogens is 354 g/mol. The first-order chi connectivity index (χ1) is 13.1. The van der Waals surface area contributed by atoms with Gasteiger partial charge < -0.3 is 4.98 Å². The highest BCUT2D eigenvalue weighted by Gasteiger charge is 2.17. The van der Waals surface area contributed by atoms with Crippen LogP contribution in [-0.2, 0) is 0 Å². The molecule has 4 heterocycles. The van der Waals surface area contributed by atoms with Gasteiger partial charge in [0.25, 0.3) is 0 Å². The molecule has 0 aliphatic heterocycles. The summed E-state index contributed by atoms with van der Waals surface area (Å²) in [5.41, 5.74) is 8.58. The molecule has 132 valence electrons. The van der Waals surface area contributed by atoms with E-state index in [0.717, 1.165) is 37.5 Å². The highest BCUT2D eigenvalue weighted by Crippen LogP contribution is 2.38. The van der Waals surface area contributed by atoms with E-state index < -0.39 is 0 Å². The van der Waals surface area contributed by atoms with Crippen LogP contribution in [0.25, 0.3) is 43.1 Å². The Bertz CT molecular complexity index is 1260. The Morgan fingerprint density at radius 2 is 1.81 bits per heavy atom. The molecule has 0 unspecified atom stereocenters. The molecule has 0 radical (unpaired) electrons. The molecule has 1 N–H and O–H groups in total. The van der Waals surface area contributed by atoms with E-state index in [0.29, 0.717) is 0 Å². The zero-order valence-corrected chi connectivity index (χ0v) is 16.1. The number of rotatable bonds is 2. The predicted octanol–water partition coefficient (Wildman–Crippen LogP) is 5.22. The predicted molar refractivity (Wildman–Crippen MR) is 110 cm³/mol. The first-order valence-corrected chi connectivity index (χ1v) is 9.55. The van der Waals surface area contributed by atoms with Gasteiger partial charge in [0.15, 0.2) is 0 Å². The topological polar surface area (TPSA) is 67.3 Å². The lowest BCUT2D eigenvalue weighted by Crippen LogP contribution is -1.89. The number of nitrogens with one attached hydrogen (secondary N) is 1. The van der Waals surface area contributed by atoms with Crippen molar-refractivity contribution >= 4 is 32.5 Å². The lowest BCUT2D eigenvalue weighted by Gasteiger charge is -2.08. The molecule has 0 aliphatic carbocycles. The number of hydrogen-bond acceptors (Lipinski definition) is 5. The first-order valence-electron chi connectivity index (χ1n) is 8.74. The average Bonchev–Trinajstić information content (AvgIpc) is 3.24. The maximum atomic E-state index is 4.86. The Kier molecular flexibility index (Phi) is 3.55. The zero-order chi connectivity index (χ0) is 18.5. The standard InChI is InChI=1S/C21H17N5S/c1-11-6-12(2)18(13(3)7-11)21-25-17-10-23-26-19(20(17)27-21)15-8-14-4-5-22-9-16(14)24-15/h4-10,24H,1-3H3. The van der Waals surface area contributed by atoms with Crippen LogP contribution in [0.4, 0.5) is 0 Å². The van der Waals surface area contributed by atoms with Crippen LogP contribution >= 0.6 is 11.3 Å². The number of aryl methyl sites for hydroxylation is 3. The Morgan fingerprint density at radius 3 is 2.59 bits per heavy atom. The number of H-pyrrole nitrogens is 1. The van der Waals surface area contributed by atoms with Gasteiger partial charge in [-0.15, -0.1) is 16.4 Å². The zero-order valence-electron chi connectivity index (χ0n) is 15.2. The Balaban J connectivity index is 1.73. The van der Waals surface area contributed by atoms with Crippen LogP contribution in [0.3, 0.4) is 0 Å². The fourth-order valence-electron chi connectivity index (χ4n) is 3.68. The van der Waals surface area contributed by atoms with Crippen molar-refractivity contribution in [3.63, 3.8) is 0 Å². The maximum Gasteiger partial charge on any atom is 0.129 e. The fraction of sp³-hybridized carbons (Fsp3) is 0.143. The van der Waals surface area contributed by atoms with Gasteiger partial charge in [0.1, 0.15) is 16.2 Å². The van der Waals surface area contributed by atoms with Gasteiger partial charge in [0.05, 0.1) is 28.3 Å². The summed E-state index contributed by atoms with van der Waals surface area (Å²) >= 11 is 1.67. The number of thiazole rings is 1. The first kappa shape index (κ1) is 16.1. The SMILES string of the molecule is Cc1cc(C)c(-c2nc3cnnc(-c4cc5ccncc5[nH]4)c3s2)c(C)c1. The molecule has 0 saturated carbocycles. The Morgan fingerprint density at radius 1 is 1.00 bits per heavy atom. The Hall–Kier alpha value is -3.12. The van der Waals surface area contributed by atoms with Crippen molar-refractivity contribution in [2.75, 3.05) is 0 Å². The van der Waals surface area contributed by atoms with E-state index in [-0.39, 0.29) is 0 Å². The van der Waals surface area contributed by atoms with Crippen LogP contribution < -0.4 is 0 Å². The number of hydrogen-bond donors (Lipinski definition) is 1. The molecular formula is C21H17N5S. The summed E-state index contributed by atoms with van der Waals surface area (Å²) in [6.07, 6.45) is 5.35. The largest absolute Gasteiger partial charge is 0.352 e. The molecule has 5 aromatic rings. The monoisotopic (exact) mass is 371 g/mol. The highest BCUT2D eigenvalue weighted by atomic mass is 32.1. The number of pyridine rings is 1. The third kappa shape index (κ3) is 2.61. The van der Waals surface area contributed by atoms with Crippen LogP contribution in [-0.4, -0.2) is 25.1 Å². The van der Waals surface area contributed by atoms with Crippen LogP contribution in [0.15, 0.2) is 42.9 Å². The van der Waals surface area contributed by atoms with Crippen molar-refractivity contribution in [3.05, 3.63) is 59.5 Å². The lowest BCUT2D eigenvalue weighted by atomic mass is 10.0. The third-order valence-electron chi connectivity index (χ3n) is 4.78. The second-order valence-electron chi connectivity index (χ2n) is 6.85. The van der Waals surface area contributed by atoms with Gasteiger partial charge in [-0.3, -0.25) is 4.98 Å². The molecule has 6 heteroatoms. The molecule has 5 rings (SSSR count). The normalized spacial score (nSPS) is 11.5. The molecule has 0 aliphatic rings. The molecule has 27 heavy (non-hydrogen) atoms. The van der Waals surface area contributed by atoms with Gasteiger partial charge in [-0.1, -0.05) is 17.7 Å². The fourth-order valence-corrected chi connectivity index (χ4v) is 4.89. The van der Waals surface area contributed by atoms with Crippen molar-refractivity contribution in [2.24, 2.45) is 0 Å². The van der Waals surface area contributed by atoms with Gasteiger partial charge in [-0.05, 0) is 44.0 Å². The average molecular weight is 371 g/mol. The summed E-state index contributed by atoms with van der Waals surface area (Å²) in [6, 6.07) is 8.48. The molecule has 5 nitrogen and oxygen atoms in total. The van der Waals surface area contributed by atoms with Crippen molar-refractivity contribution in [1.29, 1.82) is 0 Å². The second-order valence-corrected chi connectivity index (χ2v) is 7.85. The summed E-state index contributed by atoms with van der Waals surface area (Å²) in [5, 5.41) is 10.7. The molecule has 4 aromatic heterocycles. The van der Waals surface area contributed by atoms with E-state index in [4.69, 9.17) is 4.98 Å². The van der Waals surface area contributed by atoms with Crippen LogP contribution in [0.2, 0.25) is 0 Å². The smallest absolute Gasteiger partial charge is 0.129 e. The van der Waals surface area contributed by atoms with Crippen molar-refractivity contribution in [3.8, 4) is 22.0 Å². The third-order valence-corrected chi connectivity index (χ3v) is 5.87. The van der Waals surface area contributed by atoms with E-state index in [1.807, 2.05) is 12.3 Å². The van der Waals surface area contributed by atoms with Crippen LogP contribution in [0.1, 0.15) is 16.7 Å². The van der Waals surface area contributed by atoms with Crippen LogP contribution in [0, 0.1) is 20.8 Å². The van der Waals surface area contributed by atoms with Gasteiger partial charge in [-0.25, -0.2) is 4.98 Å². The highest BCUT2D eigenvalue weighted by molar-refractivity contribution is 7.22. The summed E-state index contributed by atoms with van der Waals surface area (Å²) in [7, 11) is 0. The van der Waals surface area contributed by atoms with E-state index in [1.54, 1.807) is 23.7 Å². The van der Waals surface area contributed by atoms with Crippen molar-refractivity contribution < 1.29 is 0 Å². The molecule has 1 aromatic carbocycles. The summed E-state index contributed by atoms with van der Waals surface area (Å²) < 4.78 is 1.04. The summed E-state index contributed by atoms with van der Waals surface area (Å²) in [5.74, 6) is 0. The van der Waals surface area contributed by atoms with Crippen molar-refractivity contribution in [1.82, 2.24) is 25.1 Å². The molecule has 0 atom stereocenters. The quantitative estimate of drug-likeness (QED) is 0.462. The molecule has 0 fully saturated rings. The van der Waals surface area contributed by atoms with E-state index >= 15 is 0 Å². The van der Waals surface area contributed by atoms with Crippen LogP contribution in [0.5, 0.6) is 0 Å². The summed E-state index contributed by atoms with van der Waals surface area (Å²) in [6.45, 7) is 6.41. The van der Waals surface area contributed by atoms with Gasteiger partial charge in [0.2, 0.25) is 0 Å². The minimum Gasteiger partial charge on any atom is -0.352 e. The van der Waals surface area contributed by atoms with E-state index in [1.165, 1.54) is 22.3 Å². The van der Waals surface area contributed by atoms with E-state index in [9.17, 15) is 0 Å². The number of nitrogens with zero attached hydrogens (tertiary/aromatic N) is 4. The number of fused-ring (bicyclic) bond motifs is 2. The van der Waals surface area contributed by atoms with Crippen molar-refractivity contribution in [2.45, 2.75) is 20.8 Å². The minimum atomic E-state index is 0.829. The Labute approximate surface area is 160 Å². The second kappa shape index (κ2) is 5.96. The molecule has 0 bridgehead atoms. The number of aromatic amines is 1. The number of aromatic nitrogens is 5. The van der Waals surface area contributed by atoms with E-state index in [2.05, 4.69) is 59.1 Å². The lowest BCUT2D eigenvalue weighted by molar-refractivity contribution is 1.05. The maximum absolute atomic E-state index is 4.86. The molecule has 0 amide bonds. The van der Waals surface area contributed by atoms with Gasteiger partial charge >= 0.3 is 0 Å². The molecule has 0 saturated heterocycles. The minimum absolute atomic E-state index is 0.829. The van der Waals surface area contributed by atoms with Gasteiger partial charge in [0, 0.05) is 17.1 Å².